The van der Waals surface area contributed by atoms with Gasteiger partial charge in [0.2, 0.25) is 0 Å². The van der Waals surface area contributed by atoms with Crippen molar-refractivity contribution in [2.75, 3.05) is 13.1 Å². The second kappa shape index (κ2) is 6.10. The Morgan fingerprint density at radius 2 is 2.06 bits per heavy atom. The maximum atomic E-state index is 11.7. The highest BCUT2D eigenvalue weighted by atomic mass is 16.2. The Morgan fingerprint density at radius 3 is 2.62 bits per heavy atom. The first-order valence-corrected chi connectivity index (χ1v) is 5.62. The van der Waals surface area contributed by atoms with Gasteiger partial charge in [0.05, 0.1) is 12.2 Å². The fourth-order valence-corrected chi connectivity index (χ4v) is 1.49. The first-order chi connectivity index (χ1) is 7.67. The zero-order chi connectivity index (χ0) is 12.0. The summed E-state index contributed by atoms with van der Waals surface area (Å²) in [4.78, 5) is 17.7. The van der Waals surface area contributed by atoms with Gasteiger partial charge in [0, 0.05) is 18.8 Å². The molecule has 0 aliphatic carbocycles. The van der Waals surface area contributed by atoms with Crippen molar-refractivity contribution < 1.29 is 4.79 Å². The Kier molecular flexibility index (Phi) is 4.76. The first-order valence-electron chi connectivity index (χ1n) is 5.62. The molecule has 4 heteroatoms. The molecule has 1 N–H and O–H groups in total. The molecule has 1 rings (SSSR count). The smallest absolute Gasteiger partial charge is 0.317 e. The molecule has 0 unspecified atom stereocenters. The molecular formula is C12H19N3O. The third-order valence-electron chi connectivity index (χ3n) is 2.42. The van der Waals surface area contributed by atoms with E-state index < -0.39 is 0 Å². The monoisotopic (exact) mass is 221 g/mol. The van der Waals surface area contributed by atoms with Crippen LogP contribution in [0.25, 0.3) is 0 Å². The van der Waals surface area contributed by atoms with Crippen LogP contribution in [-0.4, -0.2) is 29.0 Å². The number of urea groups is 1. The van der Waals surface area contributed by atoms with Crippen LogP contribution in [0.15, 0.2) is 18.2 Å². The lowest BCUT2D eigenvalue weighted by atomic mass is 10.3. The summed E-state index contributed by atoms with van der Waals surface area (Å²) in [5.41, 5.74) is 1.86. The van der Waals surface area contributed by atoms with Crippen molar-refractivity contribution in [1.82, 2.24) is 15.2 Å². The van der Waals surface area contributed by atoms with Gasteiger partial charge in [0.1, 0.15) is 0 Å². The lowest BCUT2D eigenvalue weighted by Crippen LogP contribution is -2.39. The molecule has 2 amide bonds. The summed E-state index contributed by atoms with van der Waals surface area (Å²) >= 11 is 0. The summed E-state index contributed by atoms with van der Waals surface area (Å²) in [5, 5.41) is 2.85. The molecule has 0 aliphatic heterocycles. The zero-order valence-corrected chi connectivity index (χ0v) is 10.2. The molecule has 0 saturated heterocycles. The molecule has 88 valence electrons. The SMILES string of the molecule is CCN(CC)C(=O)NCc1cccc(C)n1. The van der Waals surface area contributed by atoms with Crippen LogP contribution >= 0.6 is 0 Å². The lowest BCUT2D eigenvalue weighted by molar-refractivity contribution is 0.202. The summed E-state index contributed by atoms with van der Waals surface area (Å²) in [6, 6.07) is 5.76. The Balaban J connectivity index is 2.48. The molecule has 0 atom stereocenters. The van der Waals surface area contributed by atoms with Gasteiger partial charge in [-0.25, -0.2) is 4.79 Å². The van der Waals surface area contributed by atoms with Gasteiger partial charge in [-0.15, -0.1) is 0 Å². The van der Waals surface area contributed by atoms with Crippen molar-refractivity contribution in [2.24, 2.45) is 0 Å². The van der Waals surface area contributed by atoms with Crippen LogP contribution in [0.3, 0.4) is 0 Å². The summed E-state index contributed by atoms with van der Waals surface area (Å²) in [6.07, 6.45) is 0. The van der Waals surface area contributed by atoms with Crippen LogP contribution in [0.4, 0.5) is 4.79 Å². The largest absolute Gasteiger partial charge is 0.332 e. The summed E-state index contributed by atoms with van der Waals surface area (Å²) < 4.78 is 0. The topological polar surface area (TPSA) is 45.2 Å². The molecule has 0 radical (unpaired) electrons. The number of hydrogen-bond donors (Lipinski definition) is 1. The van der Waals surface area contributed by atoms with Crippen molar-refractivity contribution in [3.05, 3.63) is 29.6 Å². The van der Waals surface area contributed by atoms with Crippen LogP contribution in [0.1, 0.15) is 25.2 Å². The number of hydrogen-bond acceptors (Lipinski definition) is 2. The minimum absolute atomic E-state index is 0.0340. The average Bonchev–Trinajstić information content (AvgIpc) is 2.28. The first kappa shape index (κ1) is 12.5. The fourth-order valence-electron chi connectivity index (χ4n) is 1.49. The van der Waals surface area contributed by atoms with E-state index >= 15 is 0 Å². The van der Waals surface area contributed by atoms with E-state index in [0.717, 1.165) is 24.5 Å². The maximum absolute atomic E-state index is 11.7. The quantitative estimate of drug-likeness (QED) is 0.844. The van der Waals surface area contributed by atoms with E-state index in [9.17, 15) is 4.79 Å². The molecule has 1 heterocycles. The van der Waals surface area contributed by atoms with Crippen LogP contribution < -0.4 is 5.32 Å². The standard InChI is InChI=1S/C12H19N3O/c1-4-15(5-2)12(16)13-9-11-8-6-7-10(3)14-11/h6-8H,4-5,9H2,1-3H3,(H,13,16). The Bertz CT molecular complexity index is 348. The van der Waals surface area contributed by atoms with Crippen LogP contribution in [0.2, 0.25) is 0 Å². The van der Waals surface area contributed by atoms with Crippen molar-refractivity contribution in [3.8, 4) is 0 Å². The van der Waals surface area contributed by atoms with E-state index in [1.54, 1.807) is 4.90 Å². The fraction of sp³-hybridized carbons (Fsp3) is 0.500. The van der Waals surface area contributed by atoms with Crippen molar-refractivity contribution in [2.45, 2.75) is 27.3 Å². The van der Waals surface area contributed by atoms with Gasteiger partial charge in [-0.2, -0.15) is 0 Å². The van der Waals surface area contributed by atoms with Gasteiger partial charge in [-0.05, 0) is 32.9 Å². The van der Waals surface area contributed by atoms with Crippen LogP contribution in [0, 0.1) is 6.92 Å². The van der Waals surface area contributed by atoms with Crippen LogP contribution in [-0.2, 0) is 6.54 Å². The highest BCUT2D eigenvalue weighted by Crippen LogP contribution is 1.98. The van der Waals surface area contributed by atoms with E-state index in [-0.39, 0.29) is 6.03 Å². The number of rotatable bonds is 4. The maximum Gasteiger partial charge on any atom is 0.317 e. The molecule has 0 fully saturated rings. The molecule has 0 spiro atoms. The number of aromatic nitrogens is 1. The summed E-state index contributed by atoms with van der Waals surface area (Å²) in [5.74, 6) is 0. The number of nitrogens with zero attached hydrogens (tertiary/aromatic N) is 2. The third kappa shape index (κ3) is 3.53. The second-order valence-corrected chi connectivity index (χ2v) is 3.60. The molecule has 0 aliphatic rings. The number of aryl methyl sites for hydroxylation is 1. The Hall–Kier alpha value is -1.58. The van der Waals surface area contributed by atoms with Gasteiger partial charge in [0.25, 0.3) is 0 Å². The minimum atomic E-state index is -0.0340. The molecule has 1 aromatic heterocycles. The molecule has 1 aromatic rings. The van der Waals surface area contributed by atoms with E-state index in [2.05, 4.69) is 10.3 Å². The van der Waals surface area contributed by atoms with E-state index in [1.165, 1.54) is 0 Å². The molecule has 0 bridgehead atoms. The number of carbonyl (C=O) groups excluding carboxylic acids is 1. The minimum Gasteiger partial charge on any atom is -0.332 e. The van der Waals surface area contributed by atoms with E-state index in [0.29, 0.717) is 6.54 Å². The number of nitrogens with one attached hydrogen (secondary N) is 1. The molecule has 0 saturated carbocycles. The number of pyridine rings is 1. The summed E-state index contributed by atoms with van der Waals surface area (Å²) in [7, 11) is 0. The van der Waals surface area contributed by atoms with Gasteiger partial charge in [0.15, 0.2) is 0 Å². The highest BCUT2D eigenvalue weighted by molar-refractivity contribution is 5.73. The molecule has 16 heavy (non-hydrogen) atoms. The highest BCUT2D eigenvalue weighted by Gasteiger charge is 2.08. The normalized spacial score (nSPS) is 9.94. The predicted octanol–water partition coefficient (Wildman–Crippen LogP) is 1.94. The molecule has 4 nitrogen and oxygen atoms in total. The van der Waals surface area contributed by atoms with Crippen molar-refractivity contribution in [1.29, 1.82) is 0 Å². The summed E-state index contributed by atoms with van der Waals surface area (Å²) in [6.45, 7) is 7.81. The van der Waals surface area contributed by atoms with E-state index in [4.69, 9.17) is 0 Å². The number of amides is 2. The van der Waals surface area contributed by atoms with Gasteiger partial charge < -0.3 is 10.2 Å². The lowest BCUT2D eigenvalue weighted by Gasteiger charge is -2.19. The van der Waals surface area contributed by atoms with Crippen molar-refractivity contribution >= 4 is 6.03 Å². The van der Waals surface area contributed by atoms with Crippen LogP contribution in [0.5, 0.6) is 0 Å². The van der Waals surface area contributed by atoms with E-state index in [1.807, 2.05) is 39.0 Å². The Morgan fingerprint density at radius 1 is 1.38 bits per heavy atom. The number of carbonyl (C=O) groups is 1. The zero-order valence-electron chi connectivity index (χ0n) is 10.2. The third-order valence-corrected chi connectivity index (χ3v) is 2.42. The molecule has 0 aromatic carbocycles. The van der Waals surface area contributed by atoms with Gasteiger partial charge in [-0.1, -0.05) is 6.07 Å². The average molecular weight is 221 g/mol. The van der Waals surface area contributed by atoms with Crippen molar-refractivity contribution in [3.63, 3.8) is 0 Å². The Labute approximate surface area is 96.7 Å². The van der Waals surface area contributed by atoms with Gasteiger partial charge >= 0.3 is 6.03 Å². The van der Waals surface area contributed by atoms with Gasteiger partial charge in [-0.3, -0.25) is 4.98 Å². The predicted molar refractivity (Wildman–Crippen MR) is 64.1 cm³/mol. The molecular weight excluding hydrogens is 202 g/mol. The second-order valence-electron chi connectivity index (χ2n) is 3.60.